The summed E-state index contributed by atoms with van der Waals surface area (Å²) in [6.45, 7) is 1.46. The Morgan fingerprint density at radius 2 is 2.08 bits per heavy atom. The number of carboxylic acids is 1. The van der Waals surface area contributed by atoms with E-state index in [9.17, 15) is 4.79 Å². The molecule has 0 saturated heterocycles. The first kappa shape index (κ1) is 20.0. The van der Waals surface area contributed by atoms with Gasteiger partial charge in [-0.3, -0.25) is 0 Å². The lowest BCUT2D eigenvalue weighted by atomic mass is 10.2. The third-order valence-electron chi connectivity index (χ3n) is 3.21. The molecular weight excluding hydrogens is 418 g/mol. The molecule has 0 fully saturated rings. The van der Waals surface area contributed by atoms with E-state index in [0.29, 0.717) is 22.2 Å². The van der Waals surface area contributed by atoms with Gasteiger partial charge < -0.3 is 15.6 Å². The molecule has 0 aliphatic heterocycles. The van der Waals surface area contributed by atoms with Crippen LogP contribution >= 0.6 is 27.7 Å². The highest BCUT2D eigenvalue weighted by Crippen LogP contribution is 2.23. The Kier molecular flexibility index (Phi) is 7.68. The molecule has 26 heavy (non-hydrogen) atoms. The number of thioether (sulfide) groups is 1. The van der Waals surface area contributed by atoms with Crippen molar-refractivity contribution < 1.29 is 14.6 Å². The van der Waals surface area contributed by atoms with Gasteiger partial charge in [-0.1, -0.05) is 58.0 Å². The topological polar surface area (TPSA) is 97.3 Å². The SMILES string of the molecule is CC(Oc1ccc(Br)cc1C=NN=C(N)SCc1ccccc1)C(=O)O. The van der Waals surface area contributed by atoms with Crippen molar-refractivity contribution in [2.75, 3.05) is 0 Å². The van der Waals surface area contributed by atoms with Gasteiger partial charge in [-0.15, -0.1) is 5.10 Å². The van der Waals surface area contributed by atoms with Gasteiger partial charge >= 0.3 is 5.97 Å². The minimum atomic E-state index is -1.05. The highest BCUT2D eigenvalue weighted by Gasteiger charge is 2.14. The molecule has 0 aliphatic carbocycles. The molecule has 0 saturated carbocycles. The third-order valence-corrected chi connectivity index (χ3v) is 4.55. The number of amidine groups is 1. The molecule has 2 aromatic rings. The fraction of sp³-hybridized carbons (Fsp3) is 0.167. The predicted octanol–water partition coefficient (Wildman–Crippen LogP) is 3.88. The smallest absolute Gasteiger partial charge is 0.344 e. The molecule has 0 aromatic heterocycles. The second-order valence-corrected chi connectivity index (χ2v) is 7.15. The second kappa shape index (κ2) is 9.98. The highest BCUT2D eigenvalue weighted by atomic mass is 79.9. The van der Waals surface area contributed by atoms with Gasteiger partial charge in [0.25, 0.3) is 0 Å². The van der Waals surface area contributed by atoms with E-state index in [1.807, 2.05) is 30.3 Å². The van der Waals surface area contributed by atoms with Crippen LogP contribution in [-0.4, -0.2) is 28.6 Å². The maximum Gasteiger partial charge on any atom is 0.344 e. The van der Waals surface area contributed by atoms with Crippen LogP contribution in [0, 0.1) is 0 Å². The van der Waals surface area contributed by atoms with E-state index < -0.39 is 12.1 Å². The molecule has 0 amide bonds. The summed E-state index contributed by atoms with van der Waals surface area (Å²) < 4.78 is 6.24. The number of hydrogen-bond acceptors (Lipinski definition) is 5. The minimum absolute atomic E-state index is 0.335. The lowest BCUT2D eigenvalue weighted by molar-refractivity contribution is -0.144. The molecule has 8 heteroatoms. The number of carboxylic acid groups (broad SMARTS) is 1. The molecule has 0 bridgehead atoms. The van der Waals surface area contributed by atoms with Crippen molar-refractivity contribution in [1.29, 1.82) is 0 Å². The van der Waals surface area contributed by atoms with Crippen molar-refractivity contribution in [2.24, 2.45) is 15.9 Å². The first-order valence-corrected chi connectivity index (χ1v) is 9.46. The van der Waals surface area contributed by atoms with E-state index >= 15 is 0 Å². The number of ether oxygens (including phenoxy) is 1. The average Bonchev–Trinajstić information content (AvgIpc) is 2.63. The summed E-state index contributed by atoms with van der Waals surface area (Å²) in [5, 5.41) is 17.3. The van der Waals surface area contributed by atoms with Crippen molar-refractivity contribution in [3.63, 3.8) is 0 Å². The Balaban J connectivity index is 2.04. The number of rotatable bonds is 7. The quantitative estimate of drug-likeness (QED) is 0.390. The molecule has 0 spiro atoms. The third kappa shape index (κ3) is 6.53. The van der Waals surface area contributed by atoms with E-state index in [1.165, 1.54) is 24.9 Å². The van der Waals surface area contributed by atoms with Crippen LogP contribution in [0.4, 0.5) is 0 Å². The molecule has 0 radical (unpaired) electrons. The summed E-state index contributed by atoms with van der Waals surface area (Å²) in [6, 6.07) is 15.1. The van der Waals surface area contributed by atoms with Gasteiger partial charge in [0.05, 0.1) is 6.21 Å². The van der Waals surface area contributed by atoms with Gasteiger partial charge in [-0.25, -0.2) is 4.79 Å². The molecule has 2 aromatic carbocycles. The van der Waals surface area contributed by atoms with E-state index in [-0.39, 0.29) is 0 Å². The number of halogens is 1. The van der Waals surface area contributed by atoms with Crippen LogP contribution in [-0.2, 0) is 10.5 Å². The molecule has 2 rings (SSSR count). The number of benzene rings is 2. The fourth-order valence-electron chi connectivity index (χ4n) is 1.88. The van der Waals surface area contributed by atoms with Crippen LogP contribution in [0.25, 0.3) is 0 Å². The van der Waals surface area contributed by atoms with E-state index in [0.717, 1.165) is 10.0 Å². The Labute approximate surface area is 164 Å². The summed E-state index contributed by atoms with van der Waals surface area (Å²) >= 11 is 4.75. The van der Waals surface area contributed by atoms with Crippen LogP contribution in [0.5, 0.6) is 5.75 Å². The van der Waals surface area contributed by atoms with Gasteiger partial charge in [-0.2, -0.15) is 5.10 Å². The summed E-state index contributed by atoms with van der Waals surface area (Å²) in [5.74, 6) is 0.0560. The summed E-state index contributed by atoms with van der Waals surface area (Å²) in [4.78, 5) is 11.0. The number of aliphatic carboxylic acids is 1. The van der Waals surface area contributed by atoms with Gasteiger partial charge in [-0.05, 0) is 30.7 Å². The molecule has 3 N–H and O–H groups in total. The van der Waals surface area contributed by atoms with Crippen molar-refractivity contribution >= 4 is 45.0 Å². The summed E-state index contributed by atoms with van der Waals surface area (Å²) in [6.07, 6.45) is 0.503. The fourth-order valence-corrected chi connectivity index (χ4v) is 2.87. The van der Waals surface area contributed by atoms with Crippen LogP contribution in [0.15, 0.2) is 63.2 Å². The lowest BCUT2D eigenvalue weighted by Crippen LogP contribution is -2.23. The van der Waals surface area contributed by atoms with Gasteiger partial charge in [0.1, 0.15) is 5.75 Å². The van der Waals surface area contributed by atoms with Crippen molar-refractivity contribution in [3.05, 3.63) is 64.1 Å². The average molecular weight is 436 g/mol. The van der Waals surface area contributed by atoms with Crippen molar-refractivity contribution in [2.45, 2.75) is 18.8 Å². The predicted molar refractivity (Wildman–Crippen MR) is 109 cm³/mol. The maximum absolute atomic E-state index is 11.0. The zero-order valence-corrected chi connectivity index (χ0v) is 16.4. The molecule has 136 valence electrons. The van der Waals surface area contributed by atoms with Gasteiger partial charge in [0.15, 0.2) is 11.3 Å². The molecule has 0 heterocycles. The molecular formula is C18H18BrN3O3S. The second-order valence-electron chi connectivity index (χ2n) is 5.24. The summed E-state index contributed by atoms with van der Waals surface area (Å²) in [5.41, 5.74) is 7.59. The number of nitrogens with zero attached hydrogens (tertiary/aromatic N) is 2. The Morgan fingerprint density at radius 1 is 1.35 bits per heavy atom. The Hall–Kier alpha value is -2.32. The van der Waals surface area contributed by atoms with Crippen molar-refractivity contribution in [1.82, 2.24) is 0 Å². The molecule has 1 unspecified atom stereocenters. The van der Waals surface area contributed by atoms with E-state index in [2.05, 4.69) is 26.1 Å². The molecule has 0 aliphatic rings. The number of nitrogens with two attached hydrogens (primary N) is 1. The first-order valence-electron chi connectivity index (χ1n) is 7.68. The van der Waals surface area contributed by atoms with Gasteiger partial charge in [0, 0.05) is 15.8 Å². The Morgan fingerprint density at radius 3 is 2.77 bits per heavy atom. The van der Waals surface area contributed by atoms with Crippen molar-refractivity contribution in [3.8, 4) is 5.75 Å². The first-order chi connectivity index (χ1) is 12.5. The zero-order chi connectivity index (χ0) is 18.9. The van der Waals surface area contributed by atoms with E-state index in [1.54, 1.807) is 18.2 Å². The largest absolute Gasteiger partial charge is 0.479 e. The Bertz CT molecular complexity index is 813. The minimum Gasteiger partial charge on any atom is -0.479 e. The standard InChI is InChI=1S/C18H18BrN3O3S/c1-12(17(23)24)25-16-8-7-15(19)9-14(16)10-21-22-18(20)26-11-13-5-3-2-4-6-13/h2-10,12H,11H2,1H3,(H2,20,22)(H,23,24). The highest BCUT2D eigenvalue weighted by molar-refractivity contribution is 9.10. The van der Waals surface area contributed by atoms with Crippen LogP contribution < -0.4 is 10.5 Å². The van der Waals surface area contributed by atoms with E-state index in [4.69, 9.17) is 15.6 Å². The number of carbonyl (C=O) groups is 1. The van der Waals surface area contributed by atoms with Crippen LogP contribution in [0.2, 0.25) is 0 Å². The van der Waals surface area contributed by atoms with Crippen LogP contribution in [0.3, 0.4) is 0 Å². The van der Waals surface area contributed by atoms with Gasteiger partial charge in [0.2, 0.25) is 0 Å². The molecule has 1 atom stereocenters. The molecule has 6 nitrogen and oxygen atoms in total. The number of hydrogen-bond donors (Lipinski definition) is 2. The van der Waals surface area contributed by atoms with Crippen LogP contribution in [0.1, 0.15) is 18.1 Å². The normalized spacial score (nSPS) is 12.9. The summed E-state index contributed by atoms with van der Waals surface area (Å²) in [7, 11) is 0. The zero-order valence-electron chi connectivity index (χ0n) is 14.0. The maximum atomic E-state index is 11.0. The monoisotopic (exact) mass is 435 g/mol. The lowest BCUT2D eigenvalue weighted by Gasteiger charge is -2.12.